The first-order valence-electron chi connectivity index (χ1n) is 3.67. The van der Waals surface area contributed by atoms with Crippen LogP contribution in [0.3, 0.4) is 0 Å². The summed E-state index contributed by atoms with van der Waals surface area (Å²) in [6, 6.07) is 2.01. The third-order valence-electron chi connectivity index (χ3n) is 1.90. The lowest BCUT2D eigenvalue weighted by atomic mass is 9.92. The Hall–Kier alpha value is -1.30. The molecule has 1 rings (SSSR count). The summed E-state index contributed by atoms with van der Waals surface area (Å²) in [5.74, 6) is -0.429. The number of carbonyl (C=O) groups is 1. The van der Waals surface area contributed by atoms with Crippen LogP contribution in [0.2, 0.25) is 0 Å². The Balaban J connectivity index is 2.93. The smallest absolute Gasteiger partial charge is 0.245 e. The number of nitriles is 1. The molecule has 3 heteroatoms. The van der Waals surface area contributed by atoms with Gasteiger partial charge in [-0.1, -0.05) is 0 Å². The molecule has 0 atom stereocenters. The Kier molecular flexibility index (Phi) is 2.27. The van der Waals surface area contributed by atoms with Gasteiger partial charge in [0.25, 0.3) is 0 Å². The summed E-state index contributed by atoms with van der Waals surface area (Å²) in [6.45, 7) is 0. The second-order valence-electron chi connectivity index (χ2n) is 2.64. The fourth-order valence-corrected chi connectivity index (χ4v) is 1.30. The predicted octanol–water partition coefficient (Wildman–Crippen LogP) is 0.866. The van der Waals surface area contributed by atoms with Gasteiger partial charge >= 0.3 is 0 Å². The first kappa shape index (κ1) is 7.80. The van der Waals surface area contributed by atoms with Gasteiger partial charge in [0.05, 0.1) is 6.07 Å². The monoisotopic (exact) mass is 150 g/mol. The van der Waals surface area contributed by atoms with Crippen LogP contribution in [-0.4, -0.2) is 5.91 Å². The van der Waals surface area contributed by atoms with Crippen LogP contribution in [0.5, 0.6) is 0 Å². The van der Waals surface area contributed by atoms with E-state index in [9.17, 15) is 4.79 Å². The van der Waals surface area contributed by atoms with Crippen molar-refractivity contribution in [2.24, 2.45) is 5.73 Å². The number of nitrogens with zero attached hydrogens (tertiary/aromatic N) is 1. The number of amides is 1. The van der Waals surface area contributed by atoms with E-state index < -0.39 is 5.91 Å². The van der Waals surface area contributed by atoms with Crippen LogP contribution < -0.4 is 5.73 Å². The molecule has 0 spiro atoms. The third-order valence-corrected chi connectivity index (χ3v) is 1.90. The van der Waals surface area contributed by atoms with Gasteiger partial charge in [0, 0.05) is 11.1 Å². The van der Waals surface area contributed by atoms with E-state index in [1.165, 1.54) is 0 Å². The number of carbonyl (C=O) groups excluding carboxylic acids is 1. The summed E-state index contributed by atoms with van der Waals surface area (Å²) in [7, 11) is 0. The van der Waals surface area contributed by atoms with Gasteiger partial charge in [-0.25, -0.2) is 0 Å². The lowest BCUT2D eigenvalue weighted by Gasteiger charge is -2.11. The van der Waals surface area contributed by atoms with Crippen LogP contribution in [0.4, 0.5) is 0 Å². The molecule has 0 saturated heterocycles. The lowest BCUT2D eigenvalue weighted by Crippen LogP contribution is -2.17. The number of hydrogen-bond donors (Lipinski definition) is 1. The van der Waals surface area contributed by atoms with E-state index >= 15 is 0 Å². The van der Waals surface area contributed by atoms with E-state index in [0.29, 0.717) is 17.6 Å². The van der Waals surface area contributed by atoms with Crippen LogP contribution >= 0.6 is 0 Å². The van der Waals surface area contributed by atoms with Crippen molar-refractivity contribution in [3.05, 3.63) is 11.1 Å². The first-order valence-corrected chi connectivity index (χ1v) is 3.67. The van der Waals surface area contributed by atoms with E-state index in [0.717, 1.165) is 19.3 Å². The van der Waals surface area contributed by atoms with Gasteiger partial charge in [-0.15, -0.1) is 0 Å². The zero-order valence-corrected chi connectivity index (χ0v) is 6.26. The maximum Gasteiger partial charge on any atom is 0.245 e. The largest absolute Gasteiger partial charge is 0.366 e. The van der Waals surface area contributed by atoms with Crippen molar-refractivity contribution in [1.29, 1.82) is 5.26 Å². The molecule has 1 amide bonds. The fourth-order valence-electron chi connectivity index (χ4n) is 1.30. The zero-order chi connectivity index (χ0) is 8.27. The minimum absolute atomic E-state index is 0.429. The van der Waals surface area contributed by atoms with Crippen LogP contribution in [-0.2, 0) is 4.79 Å². The molecular formula is C8H10N2O. The predicted molar refractivity (Wildman–Crippen MR) is 40.3 cm³/mol. The van der Waals surface area contributed by atoms with Crippen molar-refractivity contribution in [2.75, 3.05) is 0 Å². The molecule has 0 unspecified atom stereocenters. The summed E-state index contributed by atoms with van der Waals surface area (Å²) in [4.78, 5) is 10.7. The van der Waals surface area contributed by atoms with Gasteiger partial charge in [0.1, 0.15) is 0 Å². The number of nitrogens with two attached hydrogens (primary N) is 1. The van der Waals surface area contributed by atoms with Crippen molar-refractivity contribution in [2.45, 2.75) is 25.7 Å². The Morgan fingerprint density at radius 2 is 2.09 bits per heavy atom. The molecule has 11 heavy (non-hydrogen) atoms. The lowest BCUT2D eigenvalue weighted by molar-refractivity contribution is -0.114. The Bertz CT molecular complexity index is 247. The van der Waals surface area contributed by atoms with Crippen molar-refractivity contribution in [3.8, 4) is 6.07 Å². The van der Waals surface area contributed by atoms with Gasteiger partial charge in [0.15, 0.2) is 0 Å². The average molecular weight is 150 g/mol. The van der Waals surface area contributed by atoms with E-state index in [4.69, 9.17) is 11.0 Å². The van der Waals surface area contributed by atoms with Gasteiger partial charge in [0.2, 0.25) is 5.91 Å². The maximum absolute atomic E-state index is 10.7. The summed E-state index contributed by atoms with van der Waals surface area (Å²) in [5.41, 5.74) is 6.21. The Morgan fingerprint density at radius 3 is 2.55 bits per heavy atom. The first-order chi connectivity index (χ1) is 5.25. The normalized spacial score (nSPS) is 17.7. The SMILES string of the molecule is N#CC1=C(C(N)=O)CCCC1. The molecule has 0 saturated carbocycles. The standard InChI is InChI=1S/C8H10N2O/c9-5-6-3-1-2-4-7(6)8(10)11/h1-4H2,(H2,10,11). The molecule has 0 aromatic rings. The van der Waals surface area contributed by atoms with E-state index in [1.54, 1.807) is 0 Å². The van der Waals surface area contributed by atoms with Crippen LogP contribution in [0.25, 0.3) is 0 Å². The molecular weight excluding hydrogens is 140 g/mol. The number of rotatable bonds is 1. The molecule has 1 aliphatic carbocycles. The van der Waals surface area contributed by atoms with Gasteiger partial charge < -0.3 is 5.73 Å². The molecule has 0 aromatic carbocycles. The van der Waals surface area contributed by atoms with E-state index in [-0.39, 0.29) is 0 Å². The summed E-state index contributed by atoms with van der Waals surface area (Å²) in [5, 5.41) is 8.59. The molecule has 1 aliphatic rings. The second-order valence-corrected chi connectivity index (χ2v) is 2.64. The molecule has 3 nitrogen and oxygen atoms in total. The summed E-state index contributed by atoms with van der Waals surface area (Å²) in [6.07, 6.45) is 3.37. The highest BCUT2D eigenvalue weighted by Gasteiger charge is 2.15. The number of primary amides is 1. The molecule has 0 heterocycles. The van der Waals surface area contributed by atoms with Gasteiger partial charge in [-0.3, -0.25) is 4.79 Å². The molecule has 0 fully saturated rings. The molecule has 58 valence electrons. The van der Waals surface area contributed by atoms with Gasteiger partial charge in [-0.2, -0.15) is 5.26 Å². The fraction of sp³-hybridized carbons (Fsp3) is 0.500. The number of hydrogen-bond acceptors (Lipinski definition) is 2. The highest BCUT2D eigenvalue weighted by atomic mass is 16.1. The summed E-state index contributed by atoms with van der Waals surface area (Å²) >= 11 is 0. The van der Waals surface area contributed by atoms with Crippen LogP contribution in [0, 0.1) is 11.3 Å². The second kappa shape index (κ2) is 3.20. The van der Waals surface area contributed by atoms with Crippen LogP contribution in [0.15, 0.2) is 11.1 Å². The van der Waals surface area contributed by atoms with Crippen molar-refractivity contribution >= 4 is 5.91 Å². The van der Waals surface area contributed by atoms with Crippen molar-refractivity contribution < 1.29 is 4.79 Å². The molecule has 0 bridgehead atoms. The number of allylic oxidation sites excluding steroid dienone is 1. The molecule has 0 aliphatic heterocycles. The average Bonchev–Trinajstić information content (AvgIpc) is 2.04. The van der Waals surface area contributed by atoms with Crippen LogP contribution in [0.1, 0.15) is 25.7 Å². The third kappa shape index (κ3) is 1.58. The van der Waals surface area contributed by atoms with E-state index in [1.807, 2.05) is 6.07 Å². The minimum atomic E-state index is -0.429. The maximum atomic E-state index is 10.7. The molecule has 0 aromatic heterocycles. The zero-order valence-electron chi connectivity index (χ0n) is 6.26. The van der Waals surface area contributed by atoms with E-state index in [2.05, 4.69) is 0 Å². The van der Waals surface area contributed by atoms with Crippen molar-refractivity contribution in [1.82, 2.24) is 0 Å². The quantitative estimate of drug-likeness (QED) is 0.602. The molecule has 0 radical (unpaired) electrons. The van der Waals surface area contributed by atoms with Gasteiger partial charge in [-0.05, 0) is 25.7 Å². The highest BCUT2D eigenvalue weighted by molar-refractivity contribution is 5.93. The highest BCUT2D eigenvalue weighted by Crippen LogP contribution is 2.23. The Morgan fingerprint density at radius 1 is 1.45 bits per heavy atom. The van der Waals surface area contributed by atoms with Crippen molar-refractivity contribution in [3.63, 3.8) is 0 Å². The minimum Gasteiger partial charge on any atom is -0.366 e. The Labute approximate surface area is 65.5 Å². The summed E-state index contributed by atoms with van der Waals surface area (Å²) < 4.78 is 0. The molecule has 2 N–H and O–H groups in total. The topological polar surface area (TPSA) is 66.9 Å².